The Morgan fingerprint density at radius 1 is 0.978 bits per heavy atom. The number of aromatic nitrogens is 1. The largest absolute Gasteiger partial charge is 0.497 e. The van der Waals surface area contributed by atoms with Crippen molar-refractivity contribution in [2.24, 2.45) is 5.41 Å². The Morgan fingerprint density at radius 3 is 2.53 bits per heavy atom. The van der Waals surface area contributed by atoms with Crippen LogP contribution in [0.5, 0.6) is 5.75 Å². The number of nitrogens with one attached hydrogen (secondary N) is 1. The third kappa shape index (κ3) is 4.54. The lowest BCUT2D eigenvalue weighted by atomic mass is 9.81. The summed E-state index contributed by atoms with van der Waals surface area (Å²) in [6, 6.07) is 13.4. The lowest BCUT2D eigenvalue weighted by Crippen LogP contribution is -2.65. The molecule has 5 heterocycles. The second-order valence-corrected chi connectivity index (χ2v) is 14.2. The van der Waals surface area contributed by atoms with Gasteiger partial charge < -0.3 is 24.3 Å². The molecule has 2 aromatic carbocycles. The Hall–Kier alpha value is -3.36. The lowest BCUT2D eigenvalue weighted by Gasteiger charge is -2.52. The minimum absolute atomic E-state index is 0.0807. The summed E-state index contributed by atoms with van der Waals surface area (Å²) in [6.07, 6.45) is 9.20. The Balaban J connectivity index is 1.28. The van der Waals surface area contributed by atoms with Gasteiger partial charge in [0, 0.05) is 80.4 Å². The highest BCUT2D eigenvalue weighted by Crippen LogP contribution is 2.66. The third-order valence-electron chi connectivity index (χ3n) is 11.9. The first-order chi connectivity index (χ1) is 22.0. The average molecular weight is 611 g/mol. The molecule has 1 aromatic heterocycles. The van der Waals surface area contributed by atoms with Crippen molar-refractivity contribution in [3.63, 3.8) is 0 Å². The summed E-state index contributed by atoms with van der Waals surface area (Å²) in [5.41, 5.74) is 6.40. The minimum atomic E-state index is -0.500. The number of amides is 2. The fourth-order valence-corrected chi connectivity index (χ4v) is 9.50. The summed E-state index contributed by atoms with van der Waals surface area (Å²) >= 11 is 0. The predicted octanol–water partition coefficient (Wildman–Crippen LogP) is 5.53. The van der Waals surface area contributed by atoms with Crippen molar-refractivity contribution in [2.45, 2.75) is 81.8 Å². The van der Waals surface area contributed by atoms with Crippen molar-refractivity contribution < 1.29 is 19.1 Å². The monoisotopic (exact) mass is 610 g/mol. The quantitative estimate of drug-likeness (QED) is 0.381. The topological polar surface area (TPSA) is 76.0 Å². The van der Waals surface area contributed by atoms with Crippen molar-refractivity contribution in [3.8, 4) is 17.0 Å². The molecule has 2 unspecified atom stereocenters. The first-order valence-corrected chi connectivity index (χ1v) is 17.1. The van der Waals surface area contributed by atoms with Gasteiger partial charge in [0.05, 0.1) is 24.8 Å². The Kier molecular flexibility index (Phi) is 7.21. The van der Waals surface area contributed by atoms with Crippen LogP contribution in [-0.2, 0) is 16.1 Å². The van der Waals surface area contributed by atoms with Gasteiger partial charge in [-0.3, -0.25) is 14.5 Å². The summed E-state index contributed by atoms with van der Waals surface area (Å²) in [4.78, 5) is 32.7. The second kappa shape index (κ2) is 11.2. The van der Waals surface area contributed by atoms with Gasteiger partial charge in [-0.2, -0.15) is 0 Å². The molecule has 6 aliphatic rings. The predicted molar refractivity (Wildman–Crippen MR) is 175 cm³/mol. The van der Waals surface area contributed by atoms with E-state index in [1.54, 1.807) is 21.3 Å². The zero-order chi connectivity index (χ0) is 30.9. The van der Waals surface area contributed by atoms with Gasteiger partial charge in [0.1, 0.15) is 5.75 Å². The van der Waals surface area contributed by atoms with E-state index in [1.165, 1.54) is 59.9 Å². The van der Waals surface area contributed by atoms with E-state index < -0.39 is 5.41 Å². The summed E-state index contributed by atoms with van der Waals surface area (Å²) < 4.78 is 13.6. The van der Waals surface area contributed by atoms with E-state index in [4.69, 9.17) is 9.47 Å². The molecular formula is C37H46N4O4. The van der Waals surface area contributed by atoms with Crippen LogP contribution in [0.15, 0.2) is 36.4 Å². The molecule has 0 spiro atoms. The van der Waals surface area contributed by atoms with Crippen LogP contribution in [-0.4, -0.2) is 85.8 Å². The normalized spacial score (nSPS) is 27.4. The van der Waals surface area contributed by atoms with E-state index in [-0.39, 0.29) is 17.9 Å². The molecule has 8 heteroatoms. The fraction of sp³-hybridized carbons (Fsp3) is 0.568. The molecule has 5 fully saturated rings. The highest BCUT2D eigenvalue weighted by Gasteiger charge is 2.65. The van der Waals surface area contributed by atoms with E-state index in [0.717, 1.165) is 56.8 Å². The molecular weight excluding hydrogens is 564 g/mol. The molecule has 2 amide bonds. The van der Waals surface area contributed by atoms with Gasteiger partial charge in [-0.05, 0) is 79.5 Å². The number of ether oxygens (including phenoxy) is 2. The molecule has 2 saturated carbocycles. The molecule has 8 nitrogen and oxygen atoms in total. The van der Waals surface area contributed by atoms with E-state index in [0.29, 0.717) is 30.0 Å². The van der Waals surface area contributed by atoms with Gasteiger partial charge in [-0.15, -0.1) is 0 Å². The van der Waals surface area contributed by atoms with Gasteiger partial charge >= 0.3 is 0 Å². The minimum Gasteiger partial charge on any atom is -0.497 e. The maximum atomic E-state index is 15.0. The fourth-order valence-electron chi connectivity index (χ4n) is 9.50. The van der Waals surface area contributed by atoms with Crippen molar-refractivity contribution in [1.82, 2.24) is 19.7 Å². The summed E-state index contributed by atoms with van der Waals surface area (Å²) in [6.45, 7) is 4.04. The number of piperidine rings is 2. The molecule has 1 N–H and O–H groups in total. The molecule has 2 bridgehead atoms. The highest BCUT2D eigenvalue weighted by atomic mass is 16.5. The SMILES string of the molecule is CNC(=O)c1ccc2c(C3CCCCC3)c3n(c2c1)C[C@@]1(C(=O)N2CC4CCC2CN4CCOC)C[C@H]1c1cc(OC)ccc1-3. The molecule has 45 heavy (non-hydrogen) atoms. The summed E-state index contributed by atoms with van der Waals surface area (Å²) in [5, 5.41) is 4.05. The van der Waals surface area contributed by atoms with Crippen LogP contribution < -0.4 is 10.1 Å². The van der Waals surface area contributed by atoms with Crippen LogP contribution in [0.2, 0.25) is 0 Å². The number of carbonyl (C=O) groups is 2. The molecule has 3 aromatic rings. The average Bonchev–Trinajstić information content (AvgIpc) is 3.76. The zero-order valence-electron chi connectivity index (χ0n) is 26.9. The van der Waals surface area contributed by atoms with Gasteiger partial charge in [0.2, 0.25) is 5.91 Å². The number of fused-ring (bicyclic) bond motifs is 10. The maximum absolute atomic E-state index is 15.0. The van der Waals surface area contributed by atoms with Gasteiger partial charge in [-0.25, -0.2) is 0 Å². The highest BCUT2D eigenvalue weighted by molar-refractivity contribution is 6.01. The maximum Gasteiger partial charge on any atom is 0.251 e. The standard InChI is InChI=1S/C37H46N4O4/c1-38-35(42)24-9-13-29-32(17-24)41-22-37(36(43)40-21-25-10-11-26(40)20-39(25)15-16-44-2)19-31(37)30-18-27(45-3)12-14-28(30)34(41)33(29)23-7-5-4-6-8-23/h9,12-14,17-18,23,25-26,31H,4-8,10-11,15-16,19-22H2,1-3H3,(H,38,42)/t25?,26?,31-,37-/m0/s1. The smallest absolute Gasteiger partial charge is 0.251 e. The number of piperazine rings is 1. The third-order valence-corrected chi connectivity index (χ3v) is 11.9. The number of carbonyl (C=O) groups excluding carboxylic acids is 2. The Morgan fingerprint density at radius 2 is 1.80 bits per heavy atom. The van der Waals surface area contributed by atoms with E-state index in [1.807, 2.05) is 6.07 Å². The molecule has 0 radical (unpaired) electrons. The number of methoxy groups -OCH3 is 2. The van der Waals surface area contributed by atoms with Crippen LogP contribution in [0, 0.1) is 5.41 Å². The van der Waals surface area contributed by atoms with Gasteiger partial charge in [0.15, 0.2) is 0 Å². The van der Waals surface area contributed by atoms with Crippen LogP contribution >= 0.6 is 0 Å². The van der Waals surface area contributed by atoms with Gasteiger partial charge in [0.25, 0.3) is 5.91 Å². The second-order valence-electron chi connectivity index (χ2n) is 14.2. The van der Waals surface area contributed by atoms with Crippen LogP contribution in [0.3, 0.4) is 0 Å². The van der Waals surface area contributed by atoms with Crippen LogP contribution in [0.4, 0.5) is 0 Å². The zero-order valence-corrected chi connectivity index (χ0v) is 26.9. The van der Waals surface area contributed by atoms with Crippen LogP contribution in [0.1, 0.15) is 84.7 Å². The number of rotatable bonds is 7. The number of benzene rings is 2. The van der Waals surface area contributed by atoms with Crippen molar-refractivity contribution in [2.75, 3.05) is 47.5 Å². The number of hydrogen-bond donors (Lipinski definition) is 1. The van der Waals surface area contributed by atoms with Crippen LogP contribution in [0.25, 0.3) is 22.2 Å². The van der Waals surface area contributed by atoms with Crippen molar-refractivity contribution in [3.05, 3.63) is 53.1 Å². The summed E-state index contributed by atoms with van der Waals surface area (Å²) in [5.74, 6) is 1.70. The first-order valence-electron chi connectivity index (χ1n) is 17.1. The van der Waals surface area contributed by atoms with E-state index >= 15 is 0 Å². The van der Waals surface area contributed by atoms with Crippen molar-refractivity contribution in [1.29, 1.82) is 0 Å². The first kappa shape index (κ1) is 29.1. The molecule has 238 valence electrons. The Labute approximate surface area is 266 Å². The van der Waals surface area contributed by atoms with Gasteiger partial charge in [-0.1, -0.05) is 25.3 Å². The molecule has 4 atom stereocenters. The Bertz CT molecular complexity index is 1660. The molecule has 9 rings (SSSR count). The molecule has 4 aliphatic heterocycles. The summed E-state index contributed by atoms with van der Waals surface area (Å²) in [7, 11) is 5.18. The lowest BCUT2D eigenvalue weighted by molar-refractivity contribution is -0.149. The number of hydrogen-bond acceptors (Lipinski definition) is 5. The van der Waals surface area contributed by atoms with E-state index in [2.05, 4.69) is 50.0 Å². The molecule has 3 saturated heterocycles. The van der Waals surface area contributed by atoms with E-state index in [9.17, 15) is 9.59 Å². The molecule has 2 aliphatic carbocycles. The van der Waals surface area contributed by atoms with Crippen molar-refractivity contribution >= 4 is 22.7 Å². The number of nitrogens with zero attached hydrogens (tertiary/aromatic N) is 3.